The van der Waals surface area contributed by atoms with Gasteiger partial charge in [0.05, 0.1) is 26.2 Å². The third kappa shape index (κ3) is 9.27. The molecule has 1 aromatic heterocycles. The van der Waals surface area contributed by atoms with Crippen molar-refractivity contribution < 1.29 is 19.0 Å². The molecule has 0 aliphatic heterocycles. The highest BCUT2D eigenvalue weighted by atomic mass is 32.2. The van der Waals surface area contributed by atoms with E-state index in [1.807, 2.05) is 49.8 Å². The van der Waals surface area contributed by atoms with Crippen LogP contribution in [-0.4, -0.2) is 57.0 Å². The standard InChI is InChI=1S/C29H37N5O4S/c1-31-13-11-21(32-2)9-5-6-15-39-29(30)34-28(35)17-20-8-7-10-22(16-20)38-25-12-14-33-24-19-27(37-4)26(36-3)18-23(24)25/h6-8,10,12,14-16,18-19,21,31-32H,5,9,11,13,17H2,1-4H3,(H2,30,34,35)/b15-6+. The molecule has 1 amide bonds. The Bertz CT molecular complexity index is 1300. The first-order valence-electron chi connectivity index (χ1n) is 12.8. The summed E-state index contributed by atoms with van der Waals surface area (Å²) in [6.45, 7) is 0.978. The number of ether oxygens (including phenoxy) is 3. The van der Waals surface area contributed by atoms with Crippen LogP contribution in [0, 0.1) is 0 Å². The molecule has 0 saturated carbocycles. The minimum Gasteiger partial charge on any atom is -0.493 e. The minimum absolute atomic E-state index is 0.111. The molecule has 10 heteroatoms. The molecule has 9 nitrogen and oxygen atoms in total. The van der Waals surface area contributed by atoms with Crippen LogP contribution in [0.2, 0.25) is 0 Å². The van der Waals surface area contributed by atoms with Gasteiger partial charge in [0.2, 0.25) is 0 Å². The molecule has 39 heavy (non-hydrogen) atoms. The lowest BCUT2D eigenvalue weighted by Crippen LogP contribution is -2.28. The van der Waals surface area contributed by atoms with E-state index in [1.165, 1.54) is 11.8 Å². The Morgan fingerprint density at radius 3 is 2.64 bits per heavy atom. The van der Waals surface area contributed by atoms with Crippen molar-refractivity contribution in [1.29, 1.82) is 0 Å². The summed E-state index contributed by atoms with van der Waals surface area (Å²) >= 11 is 1.25. The summed E-state index contributed by atoms with van der Waals surface area (Å²) in [4.78, 5) is 21.0. The van der Waals surface area contributed by atoms with E-state index >= 15 is 0 Å². The van der Waals surface area contributed by atoms with Crippen LogP contribution in [-0.2, 0) is 11.2 Å². The third-order valence-electron chi connectivity index (χ3n) is 6.04. The summed E-state index contributed by atoms with van der Waals surface area (Å²) in [5, 5.41) is 9.37. The molecule has 0 radical (unpaired) electrons. The number of carbonyl (C=O) groups is 1. The van der Waals surface area contributed by atoms with E-state index in [-0.39, 0.29) is 17.5 Å². The Hall–Kier alpha value is -3.60. The average molecular weight is 552 g/mol. The third-order valence-corrected chi connectivity index (χ3v) is 6.70. The SMILES string of the molecule is CNCCC(CC/C=C/SC(N)=NC(=O)Cc1cccc(Oc2ccnc3cc(OC)c(OC)cc23)c1)NC. The van der Waals surface area contributed by atoms with Gasteiger partial charge in [0.15, 0.2) is 16.7 Å². The van der Waals surface area contributed by atoms with Gasteiger partial charge in [-0.15, -0.1) is 0 Å². The van der Waals surface area contributed by atoms with Gasteiger partial charge in [0.1, 0.15) is 11.5 Å². The van der Waals surface area contributed by atoms with Crippen LogP contribution in [0.5, 0.6) is 23.0 Å². The molecule has 4 N–H and O–H groups in total. The van der Waals surface area contributed by atoms with Crippen LogP contribution >= 0.6 is 11.8 Å². The van der Waals surface area contributed by atoms with Crippen molar-refractivity contribution >= 4 is 33.7 Å². The maximum Gasteiger partial charge on any atom is 0.252 e. The zero-order valence-corrected chi connectivity index (χ0v) is 23.7. The molecule has 1 heterocycles. The van der Waals surface area contributed by atoms with E-state index in [1.54, 1.807) is 32.5 Å². The predicted octanol–water partition coefficient (Wildman–Crippen LogP) is 4.65. The van der Waals surface area contributed by atoms with Crippen LogP contribution in [0.4, 0.5) is 0 Å². The first-order chi connectivity index (χ1) is 19.0. The zero-order valence-electron chi connectivity index (χ0n) is 22.9. The van der Waals surface area contributed by atoms with E-state index in [0.717, 1.165) is 36.8 Å². The summed E-state index contributed by atoms with van der Waals surface area (Å²) in [6, 6.07) is 13.2. The van der Waals surface area contributed by atoms with Crippen molar-refractivity contribution in [2.45, 2.75) is 31.7 Å². The summed E-state index contributed by atoms with van der Waals surface area (Å²) in [7, 11) is 7.10. The number of amidine groups is 1. The number of hydrogen-bond donors (Lipinski definition) is 3. The van der Waals surface area contributed by atoms with Gasteiger partial charge in [0, 0.05) is 23.7 Å². The number of amides is 1. The smallest absolute Gasteiger partial charge is 0.252 e. The zero-order chi connectivity index (χ0) is 28.0. The van der Waals surface area contributed by atoms with Crippen molar-refractivity contribution in [1.82, 2.24) is 15.6 Å². The Kier molecular flexibility index (Phi) is 12.1. The molecule has 0 fully saturated rings. The fourth-order valence-electron chi connectivity index (χ4n) is 3.98. The summed E-state index contributed by atoms with van der Waals surface area (Å²) in [5.74, 6) is 2.05. The molecule has 0 saturated heterocycles. The highest BCUT2D eigenvalue weighted by molar-refractivity contribution is 8.16. The number of nitrogens with two attached hydrogens (primary N) is 1. The molecule has 0 spiro atoms. The molecule has 0 bridgehead atoms. The number of thioether (sulfide) groups is 1. The number of aromatic nitrogens is 1. The number of benzene rings is 2. The van der Waals surface area contributed by atoms with Crippen molar-refractivity contribution in [2.24, 2.45) is 10.7 Å². The molecular formula is C29H37N5O4S. The van der Waals surface area contributed by atoms with Crippen molar-refractivity contribution in [3.05, 3.63) is 65.7 Å². The minimum atomic E-state index is -0.320. The Balaban J connectivity index is 1.59. The second-order valence-corrected chi connectivity index (χ2v) is 9.67. The number of allylic oxidation sites excluding steroid dienone is 1. The molecule has 2 aromatic carbocycles. The number of aliphatic imine (C=N–C) groups is 1. The van der Waals surface area contributed by atoms with E-state index < -0.39 is 0 Å². The molecule has 0 aliphatic rings. The number of hydrogen-bond acceptors (Lipinski definition) is 8. The second kappa shape index (κ2) is 15.7. The van der Waals surface area contributed by atoms with E-state index in [0.29, 0.717) is 34.6 Å². The quantitative estimate of drug-likeness (QED) is 0.194. The van der Waals surface area contributed by atoms with Gasteiger partial charge in [-0.25, -0.2) is 0 Å². The number of rotatable bonds is 14. The summed E-state index contributed by atoms with van der Waals surface area (Å²) < 4.78 is 17.0. The van der Waals surface area contributed by atoms with Crippen LogP contribution < -0.4 is 30.6 Å². The summed E-state index contributed by atoms with van der Waals surface area (Å²) in [6.07, 6.45) is 6.85. The number of fused-ring (bicyclic) bond motifs is 1. The average Bonchev–Trinajstić information content (AvgIpc) is 2.94. The fourth-order valence-corrected chi connectivity index (χ4v) is 4.51. The number of methoxy groups -OCH3 is 2. The lowest BCUT2D eigenvalue weighted by atomic mass is 10.1. The molecular weight excluding hydrogens is 514 g/mol. The monoisotopic (exact) mass is 551 g/mol. The molecule has 3 rings (SSSR count). The van der Waals surface area contributed by atoms with Gasteiger partial charge in [-0.2, -0.15) is 4.99 Å². The van der Waals surface area contributed by atoms with Crippen LogP contribution in [0.1, 0.15) is 24.8 Å². The first kappa shape index (κ1) is 29.9. The van der Waals surface area contributed by atoms with Crippen molar-refractivity contribution in [3.63, 3.8) is 0 Å². The van der Waals surface area contributed by atoms with Crippen LogP contribution in [0.25, 0.3) is 10.9 Å². The first-order valence-corrected chi connectivity index (χ1v) is 13.6. The highest BCUT2D eigenvalue weighted by Gasteiger charge is 2.12. The molecule has 3 aromatic rings. The maximum atomic E-state index is 12.5. The Labute approximate surface area is 234 Å². The molecule has 1 atom stereocenters. The second-order valence-electron chi connectivity index (χ2n) is 8.75. The van der Waals surface area contributed by atoms with Gasteiger partial charge in [-0.3, -0.25) is 9.78 Å². The lowest BCUT2D eigenvalue weighted by Gasteiger charge is -2.14. The van der Waals surface area contributed by atoms with Crippen LogP contribution in [0.3, 0.4) is 0 Å². The maximum absolute atomic E-state index is 12.5. The summed E-state index contributed by atoms with van der Waals surface area (Å²) in [5.41, 5.74) is 7.44. The topological polar surface area (TPSA) is 120 Å². The number of carbonyl (C=O) groups excluding carboxylic acids is 1. The van der Waals surface area contributed by atoms with E-state index in [2.05, 4.69) is 26.7 Å². The number of nitrogens with zero attached hydrogens (tertiary/aromatic N) is 2. The van der Waals surface area contributed by atoms with Crippen molar-refractivity contribution in [3.8, 4) is 23.0 Å². The van der Waals surface area contributed by atoms with Gasteiger partial charge < -0.3 is 30.6 Å². The number of pyridine rings is 1. The Morgan fingerprint density at radius 1 is 1.10 bits per heavy atom. The number of nitrogens with one attached hydrogen (secondary N) is 2. The normalized spacial score (nSPS) is 12.6. The fraction of sp³-hybridized carbons (Fsp3) is 0.345. The van der Waals surface area contributed by atoms with Crippen molar-refractivity contribution in [2.75, 3.05) is 34.9 Å². The van der Waals surface area contributed by atoms with Crippen LogP contribution in [0.15, 0.2) is 65.1 Å². The van der Waals surface area contributed by atoms with E-state index in [9.17, 15) is 4.79 Å². The largest absolute Gasteiger partial charge is 0.493 e. The van der Waals surface area contributed by atoms with Gasteiger partial charge in [-0.1, -0.05) is 30.0 Å². The predicted molar refractivity (Wildman–Crippen MR) is 159 cm³/mol. The molecule has 208 valence electrons. The van der Waals surface area contributed by atoms with Gasteiger partial charge >= 0.3 is 0 Å². The van der Waals surface area contributed by atoms with Gasteiger partial charge in [0.25, 0.3) is 5.91 Å². The Morgan fingerprint density at radius 2 is 1.90 bits per heavy atom. The molecule has 0 aliphatic carbocycles. The van der Waals surface area contributed by atoms with Gasteiger partial charge in [-0.05, 0) is 75.1 Å². The highest BCUT2D eigenvalue weighted by Crippen LogP contribution is 2.36. The van der Waals surface area contributed by atoms with E-state index in [4.69, 9.17) is 19.9 Å². The molecule has 1 unspecified atom stereocenters. The lowest BCUT2D eigenvalue weighted by molar-refractivity contribution is -0.117.